The lowest BCUT2D eigenvalue weighted by Gasteiger charge is -2.13. The van der Waals surface area contributed by atoms with Crippen molar-refractivity contribution in [1.29, 1.82) is 0 Å². The summed E-state index contributed by atoms with van der Waals surface area (Å²) in [6.07, 6.45) is 1.53. The predicted octanol–water partition coefficient (Wildman–Crippen LogP) is 2.16. The number of carbonyl (C=O) groups excluding carboxylic acids is 1. The van der Waals surface area contributed by atoms with E-state index in [4.69, 9.17) is 4.74 Å². The average molecular weight is 287 g/mol. The number of pyridine rings is 1. The Morgan fingerprint density at radius 1 is 1.24 bits per heavy atom. The fourth-order valence-electron chi connectivity index (χ4n) is 1.91. The molecule has 0 aliphatic carbocycles. The number of nitrogens with zero attached hydrogens (tertiary/aromatic N) is 1. The van der Waals surface area contributed by atoms with E-state index < -0.39 is 12.0 Å². The van der Waals surface area contributed by atoms with Crippen LogP contribution >= 0.6 is 0 Å². The van der Waals surface area contributed by atoms with E-state index in [9.17, 15) is 9.59 Å². The van der Waals surface area contributed by atoms with E-state index in [2.05, 4.69) is 4.74 Å². The highest BCUT2D eigenvalue weighted by atomic mass is 16.5. The summed E-state index contributed by atoms with van der Waals surface area (Å²) < 4.78 is 11.5. The normalized spacial score (nSPS) is 11.7. The number of methoxy groups -OCH3 is 1. The van der Waals surface area contributed by atoms with Crippen LogP contribution in [0, 0.1) is 0 Å². The fraction of sp³-hybridized carbons (Fsp3) is 0.250. The first-order valence-electron chi connectivity index (χ1n) is 6.58. The van der Waals surface area contributed by atoms with Gasteiger partial charge in [-0.25, -0.2) is 4.79 Å². The summed E-state index contributed by atoms with van der Waals surface area (Å²) in [6.45, 7) is 1.99. The molecule has 2 aromatic rings. The van der Waals surface area contributed by atoms with Crippen LogP contribution in [-0.2, 0) is 16.1 Å². The monoisotopic (exact) mass is 287 g/mol. The molecule has 0 saturated heterocycles. The maximum absolute atomic E-state index is 12.0. The molecule has 0 aliphatic rings. The first-order chi connectivity index (χ1) is 10.1. The maximum Gasteiger partial charge on any atom is 0.328 e. The Hall–Kier alpha value is -2.56. The highest BCUT2D eigenvalue weighted by Gasteiger charge is 2.16. The summed E-state index contributed by atoms with van der Waals surface area (Å²) in [4.78, 5) is 23.4. The fourth-order valence-corrected chi connectivity index (χ4v) is 1.91. The average Bonchev–Trinajstić information content (AvgIpc) is 2.52. The lowest BCUT2D eigenvalue weighted by molar-refractivity contribution is -0.144. The molecule has 0 saturated carbocycles. The lowest BCUT2D eigenvalue weighted by atomic mass is 10.2. The van der Waals surface area contributed by atoms with Crippen LogP contribution in [0.4, 0.5) is 0 Å². The predicted molar refractivity (Wildman–Crippen MR) is 78.2 cm³/mol. The Kier molecular flexibility index (Phi) is 4.77. The largest absolute Gasteiger partial charge is 0.489 e. The molecule has 1 heterocycles. The molecule has 0 N–H and O–H groups in total. The Balaban J connectivity index is 2.09. The highest BCUT2D eigenvalue weighted by molar-refractivity contribution is 5.73. The Bertz CT molecular complexity index is 663. The summed E-state index contributed by atoms with van der Waals surface area (Å²) in [5.74, 6) is 0.00669. The second-order valence-electron chi connectivity index (χ2n) is 4.58. The van der Waals surface area contributed by atoms with Gasteiger partial charge < -0.3 is 14.0 Å². The summed E-state index contributed by atoms with van der Waals surface area (Å²) >= 11 is 0. The third-order valence-corrected chi connectivity index (χ3v) is 3.13. The number of rotatable bonds is 5. The van der Waals surface area contributed by atoms with E-state index >= 15 is 0 Å². The molecular weight excluding hydrogens is 270 g/mol. The minimum Gasteiger partial charge on any atom is -0.489 e. The van der Waals surface area contributed by atoms with E-state index in [0.717, 1.165) is 5.56 Å². The number of benzene rings is 1. The Morgan fingerprint density at radius 2 is 1.95 bits per heavy atom. The molecule has 0 unspecified atom stereocenters. The van der Waals surface area contributed by atoms with Gasteiger partial charge in [-0.05, 0) is 18.6 Å². The van der Waals surface area contributed by atoms with Crippen LogP contribution in [0.3, 0.4) is 0 Å². The number of hydrogen-bond acceptors (Lipinski definition) is 4. The van der Waals surface area contributed by atoms with Gasteiger partial charge in [0, 0.05) is 12.3 Å². The Labute approximate surface area is 122 Å². The summed E-state index contributed by atoms with van der Waals surface area (Å²) in [6, 6.07) is 12.0. The first-order valence-corrected chi connectivity index (χ1v) is 6.58. The number of carbonyl (C=O) groups is 1. The van der Waals surface area contributed by atoms with Crippen molar-refractivity contribution in [3.63, 3.8) is 0 Å². The summed E-state index contributed by atoms with van der Waals surface area (Å²) in [5.41, 5.74) is 0.711. The molecule has 110 valence electrons. The molecule has 0 amide bonds. The van der Waals surface area contributed by atoms with Crippen LogP contribution in [0.15, 0.2) is 53.5 Å². The van der Waals surface area contributed by atoms with Gasteiger partial charge in [0.2, 0.25) is 0 Å². The molecule has 21 heavy (non-hydrogen) atoms. The molecule has 1 aromatic carbocycles. The molecular formula is C16H17NO4. The van der Waals surface area contributed by atoms with E-state index in [1.165, 1.54) is 23.9 Å². The van der Waals surface area contributed by atoms with Gasteiger partial charge in [-0.1, -0.05) is 30.3 Å². The smallest absolute Gasteiger partial charge is 0.328 e. The van der Waals surface area contributed by atoms with Gasteiger partial charge in [-0.2, -0.15) is 0 Å². The minimum atomic E-state index is -0.661. The molecule has 1 atom stereocenters. The second kappa shape index (κ2) is 6.74. The first kappa shape index (κ1) is 14.8. The van der Waals surface area contributed by atoms with Crippen molar-refractivity contribution < 1.29 is 14.3 Å². The van der Waals surface area contributed by atoms with Crippen LogP contribution in [-0.4, -0.2) is 17.6 Å². The standard InChI is InChI=1S/C16H17NO4/c1-12(16(19)20-2)17-9-8-14(10-15(17)18)21-11-13-6-4-3-5-7-13/h3-10,12H,11H2,1-2H3/t12-/m0/s1. The van der Waals surface area contributed by atoms with Crippen LogP contribution in [0.5, 0.6) is 5.75 Å². The van der Waals surface area contributed by atoms with Crippen LogP contribution in [0.2, 0.25) is 0 Å². The van der Waals surface area contributed by atoms with Gasteiger partial charge in [0.05, 0.1) is 7.11 Å². The van der Waals surface area contributed by atoms with Crippen LogP contribution in [0.1, 0.15) is 18.5 Å². The van der Waals surface area contributed by atoms with E-state index in [1.807, 2.05) is 30.3 Å². The second-order valence-corrected chi connectivity index (χ2v) is 4.58. The molecule has 1 aromatic heterocycles. The van der Waals surface area contributed by atoms with Crippen molar-refractivity contribution in [2.45, 2.75) is 19.6 Å². The maximum atomic E-state index is 12.0. The van der Waals surface area contributed by atoms with Crippen LogP contribution < -0.4 is 10.3 Å². The van der Waals surface area contributed by atoms with Gasteiger partial charge in [0.25, 0.3) is 5.56 Å². The van der Waals surface area contributed by atoms with Crippen molar-refractivity contribution in [3.8, 4) is 5.75 Å². The molecule has 0 spiro atoms. The van der Waals surface area contributed by atoms with E-state index in [1.54, 1.807) is 13.0 Å². The third kappa shape index (κ3) is 3.72. The van der Waals surface area contributed by atoms with Crippen molar-refractivity contribution in [2.24, 2.45) is 0 Å². The van der Waals surface area contributed by atoms with E-state index in [0.29, 0.717) is 12.4 Å². The van der Waals surface area contributed by atoms with Crippen molar-refractivity contribution in [3.05, 3.63) is 64.6 Å². The molecule has 5 heteroatoms. The van der Waals surface area contributed by atoms with Gasteiger partial charge in [-0.3, -0.25) is 4.79 Å². The van der Waals surface area contributed by atoms with Gasteiger partial charge in [0.1, 0.15) is 18.4 Å². The topological polar surface area (TPSA) is 57.5 Å². The van der Waals surface area contributed by atoms with Crippen molar-refractivity contribution >= 4 is 5.97 Å². The zero-order valence-electron chi connectivity index (χ0n) is 12.0. The number of ether oxygens (including phenoxy) is 2. The third-order valence-electron chi connectivity index (χ3n) is 3.13. The Morgan fingerprint density at radius 3 is 2.57 bits per heavy atom. The quantitative estimate of drug-likeness (QED) is 0.791. The van der Waals surface area contributed by atoms with Gasteiger partial charge >= 0.3 is 5.97 Å². The summed E-state index contributed by atoms with van der Waals surface area (Å²) in [7, 11) is 1.29. The van der Waals surface area contributed by atoms with Crippen molar-refractivity contribution in [2.75, 3.05) is 7.11 Å². The van der Waals surface area contributed by atoms with E-state index in [-0.39, 0.29) is 5.56 Å². The molecule has 0 aliphatic heterocycles. The molecule has 0 fully saturated rings. The molecule has 5 nitrogen and oxygen atoms in total. The van der Waals surface area contributed by atoms with Crippen LogP contribution in [0.25, 0.3) is 0 Å². The molecule has 0 bridgehead atoms. The molecule has 2 rings (SSSR count). The van der Waals surface area contributed by atoms with Crippen molar-refractivity contribution in [1.82, 2.24) is 4.57 Å². The zero-order valence-corrected chi connectivity index (χ0v) is 12.0. The van der Waals surface area contributed by atoms with Gasteiger partial charge in [-0.15, -0.1) is 0 Å². The van der Waals surface area contributed by atoms with Gasteiger partial charge in [0.15, 0.2) is 0 Å². The zero-order chi connectivity index (χ0) is 15.2. The number of esters is 1. The number of hydrogen-bond donors (Lipinski definition) is 0. The summed E-state index contributed by atoms with van der Waals surface area (Å²) in [5, 5.41) is 0. The SMILES string of the molecule is COC(=O)[C@H](C)n1ccc(OCc2ccccc2)cc1=O. The lowest BCUT2D eigenvalue weighted by Crippen LogP contribution is -2.27. The minimum absolute atomic E-state index is 0.307. The molecule has 0 radical (unpaired) electrons. The number of aromatic nitrogens is 1. The highest BCUT2D eigenvalue weighted by Crippen LogP contribution is 2.12.